The first-order chi connectivity index (χ1) is 24.3. The van der Waals surface area contributed by atoms with Crippen LogP contribution >= 0.6 is 0 Å². The Kier molecular flexibility index (Phi) is 22.8. The Bertz CT molecular complexity index is 1250. The van der Waals surface area contributed by atoms with Crippen molar-refractivity contribution in [1.29, 1.82) is 0 Å². The number of carbonyl (C=O) groups is 9. The quantitative estimate of drug-likeness (QED) is 0.0361. The highest BCUT2D eigenvalue weighted by atomic mass is 16.4. The van der Waals surface area contributed by atoms with Crippen LogP contribution in [-0.2, 0) is 43.2 Å². The second kappa shape index (κ2) is 25.1. The van der Waals surface area contributed by atoms with Crippen LogP contribution in [0.5, 0.6) is 0 Å². The Morgan fingerprint density at radius 1 is 0.462 bits per heavy atom. The van der Waals surface area contributed by atoms with E-state index in [2.05, 4.69) is 31.9 Å². The number of amides is 6. The molecule has 52 heavy (non-hydrogen) atoms. The number of aliphatic carboxylic acids is 3. The van der Waals surface area contributed by atoms with Crippen molar-refractivity contribution in [2.45, 2.75) is 127 Å². The van der Waals surface area contributed by atoms with Gasteiger partial charge in [-0.3, -0.25) is 38.4 Å². The molecular weight excluding hydrogens is 690 g/mol. The molecule has 0 aliphatic rings. The first-order valence-electron chi connectivity index (χ1n) is 17.0. The minimum absolute atomic E-state index is 0.0848. The van der Waals surface area contributed by atoms with E-state index in [0.29, 0.717) is 32.2 Å². The van der Waals surface area contributed by atoms with Gasteiger partial charge in [-0.1, -0.05) is 0 Å². The van der Waals surface area contributed by atoms with E-state index in [1.54, 1.807) is 0 Å². The Morgan fingerprint density at radius 3 is 1.15 bits per heavy atom. The van der Waals surface area contributed by atoms with E-state index in [1.165, 1.54) is 20.8 Å². The Balaban J connectivity index is 5.59. The minimum Gasteiger partial charge on any atom is -0.481 e. The van der Waals surface area contributed by atoms with E-state index in [0.717, 1.165) is 0 Å². The number of unbranched alkanes of at least 4 members (excludes halogenated alkanes) is 2. The molecule has 0 saturated heterocycles. The average Bonchev–Trinajstić information content (AvgIpc) is 3.07. The van der Waals surface area contributed by atoms with E-state index in [4.69, 9.17) is 27.4 Å². The van der Waals surface area contributed by atoms with Crippen LogP contribution in [0.25, 0.3) is 0 Å². The molecule has 15 N–H and O–H groups in total. The summed E-state index contributed by atoms with van der Waals surface area (Å²) < 4.78 is 0. The summed E-state index contributed by atoms with van der Waals surface area (Å²) in [6, 6.07) is -8.75. The van der Waals surface area contributed by atoms with Crippen molar-refractivity contribution in [2.75, 3.05) is 13.1 Å². The Hall–Kier alpha value is -4.89. The topological polar surface area (TPSA) is 365 Å². The van der Waals surface area contributed by atoms with Gasteiger partial charge in [-0.25, -0.2) is 4.79 Å². The third-order valence-electron chi connectivity index (χ3n) is 7.68. The van der Waals surface area contributed by atoms with Crippen molar-refractivity contribution in [2.24, 2.45) is 17.2 Å². The predicted molar refractivity (Wildman–Crippen MR) is 184 cm³/mol. The minimum atomic E-state index is -1.52. The molecule has 0 aliphatic carbocycles. The molecule has 0 aliphatic heterocycles. The van der Waals surface area contributed by atoms with Crippen LogP contribution in [0.1, 0.15) is 85.0 Å². The normalized spacial score (nSPS) is 14.9. The lowest BCUT2D eigenvalue weighted by Gasteiger charge is -2.25. The average molecular weight is 746 g/mol. The summed E-state index contributed by atoms with van der Waals surface area (Å²) in [5, 5.41) is 41.4. The van der Waals surface area contributed by atoms with Gasteiger partial charge >= 0.3 is 17.9 Å². The third kappa shape index (κ3) is 19.5. The molecule has 6 amide bonds. The van der Waals surface area contributed by atoms with Crippen LogP contribution in [0.4, 0.5) is 0 Å². The van der Waals surface area contributed by atoms with Gasteiger partial charge in [-0.15, -0.1) is 0 Å². The number of nitrogens with two attached hydrogens (primary N) is 3. The molecular formula is C31H55N9O12. The second-order valence-corrected chi connectivity index (χ2v) is 12.3. The number of carbonyl (C=O) groups excluding carboxylic acids is 6. The molecule has 0 aromatic carbocycles. The standard InChI is InChI=1S/C31H55N9O12/c1-16(35-28(48)19(34)10-12-23(41)42)25(45)38-20(8-4-6-14-32)29(49)36-17(2)26(46)39-21(9-5-7-15-33)30(50)37-18(3)27(47)40-22(31(51)52)11-13-24(43)44/h16-22H,4-15,32-34H2,1-3H3,(H,35,48)(H,36,49)(H,37,50)(H,38,45)(H,39,46)(H,40,47)(H,41,42)(H,43,44)(H,51,52)/t16-,17-,18-,19-,20-,21-,22-/m0/s1. The number of nitrogens with one attached hydrogen (secondary N) is 6. The summed E-state index contributed by atoms with van der Waals surface area (Å²) in [5.41, 5.74) is 16.8. The van der Waals surface area contributed by atoms with Gasteiger partial charge in [0, 0.05) is 12.8 Å². The van der Waals surface area contributed by atoms with Gasteiger partial charge in [0.05, 0.1) is 6.04 Å². The highest BCUT2D eigenvalue weighted by Crippen LogP contribution is 2.06. The van der Waals surface area contributed by atoms with Crippen LogP contribution in [0.3, 0.4) is 0 Å². The van der Waals surface area contributed by atoms with Gasteiger partial charge in [0.1, 0.15) is 36.3 Å². The molecule has 0 unspecified atom stereocenters. The lowest BCUT2D eigenvalue weighted by Crippen LogP contribution is -2.58. The van der Waals surface area contributed by atoms with Crippen LogP contribution in [0.15, 0.2) is 0 Å². The van der Waals surface area contributed by atoms with Crippen LogP contribution in [-0.4, -0.2) is 124 Å². The van der Waals surface area contributed by atoms with Crippen molar-refractivity contribution in [1.82, 2.24) is 31.9 Å². The molecule has 0 saturated carbocycles. The maximum atomic E-state index is 13.2. The van der Waals surface area contributed by atoms with Crippen molar-refractivity contribution < 1.29 is 58.5 Å². The van der Waals surface area contributed by atoms with E-state index >= 15 is 0 Å². The predicted octanol–water partition coefficient (Wildman–Crippen LogP) is -3.65. The first-order valence-corrected chi connectivity index (χ1v) is 17.0. The van der Waals surface area contributed by atoms with Gasteiger partial charge < -0.3 is 64.4 Å². The number of rotatable bonds is 27. The molecule has 21 heteroatoms. The fourth-order valence-electron chi connectivity index (χ4n) is 4.49. The third-order valence-corrected chi connectivity index (χ3v) is 7.68. The highest BCUT2D eigenvalue weighted by Gasteiger charge is 2.31. The molecule has 0 rings (SSSR count). The molecule has 0 fully saturated rings. The molecule has 0 aromatic heterocycles. The van der Waals surface area contributed by atoms with Crippen LogP contribution < -0.4 is 49.1 Å². The van der Waals surface area contributed by atoms with Gasteiger partial charge in [-0.2, -0.15) is 0 Å². The summed E-state index contributed by atoms with van der Waals surface area (Å²) in [4.78, 5) is 110. The number of hydrogen-bond donors (Lipinski definition) is 12. The summed E-state index contributed by atoms with van der Waals surface area (Å²) in [6.45, 7) is 4.54. The number of carboxylic acids is 3. The van der Waals surface area contributed by atoms with Crippen molar-refractivity contribution >= 4 is 53.4 Å². The Labute approximate surface area is 301 Å². The molecule has 296 valence electrons. The maximum Gasteiger partial charge on any atom is 0.326 e. The fraction of sp³-hybridized carbons (Fsp3) is 0.710. The van der Waals surface area contributed by atoms with Crippen LogP contribution in [0.2, 0.25) is 0 Å². The van der Waals surface area contributed by atoms with Gasteiger partial charge in [0.15, 0.2) is 0 Å². The van der Waals surface area contributed by atoms with Crippen molar-refractivity contribution in [3.05, 3.63) is 0 Å². The van der Waals surface area contributed by atoms with E-state index in [9.17, 15) is 48.3 Å². The lowest BCUT2D eigenvalue weighted by molar-refractivity contribution is -0.143. The fourth-order valence-corrected chi connectivity index (χ4v) is 4.49. The lowest BCUT2D eigenvalue weighted by atomic mass is 10.1. The molecule has 0 heterocycles. The SMILES string of the molecule is C[C@H](NC(=O)[C@H](CCCCN)NC(=O)[C@H](C)NC(=O)[C@H](CCCCN)NC(=O)[C@H](C)NC(=O)[C@@H](N)CCC(=O)O)C(=O)N[C@@H](CCC(=O)O)C(=O)O. The van der Waals surface area contributed by atoms with Gasteiger partial charge in [-0.05, 0) is 85.2 Å². The monoisotopic (exact) mass is 745 g/mol. The molecule has 0 aromatic rings. The highest BCUT2D eigenvalue weighted by molar-refractivity contribution is 5.96. The largest absolute Gasteiger partial charge is 0.481 e. The van der Waals surface area contributed by atoms with E-state index < -0.39 is 108 Å². The van der Waals surface area contributed by atoms with Crippen LogP contribution in [0, 0.1) is 0 Å². The zero-order valence-corrected chi connectivity index (χ0v) is 29.8. The van der Waals surface area contributed by atoms with Gasteiger partial charge in [0.2, 0.25) is 35.4 Å². The Morgan fingerprint density at radius 2 is 0.808 bits per heavy atom. The maximum absolute atomic E-state index is 13.2. The summed E-state index contributed by atoms with van der Waals surface area (Å²) in [5.74, 6) is -8.64. The summed E-state index contributed by atoms with van der Waals surface area (Å²) >= 11 is 0. The number of carboxylic acid groups (broad SMARTS) is 3. The molecule has 21 nitrogen and oxygen atoms in total. The van der Waals surface area contributed by atoms with E-state index in [1.807, 2.05) is 0 Å². The molecule has 0 spiro atoms. The first kappa shape index (κ1) is 47.1. The smallest absolute Gasteiger partial charge is 0.326 e. The van der Waals surface area contributed by atoms with Crippen molar-refractivity contribution in [3.63, 3.8) is 0 Å². The van der Waals surface area contributed by atoms with E-state index in [-0.39, 0.29) is 32.2 Å². The number of hydrogen-bond acceptors (Lipinski definition) is 12. The van der Waals surface area contributed by atoms with Crippen molar-refractivity contribution in [3.8, 4) is 0 Å². The molecule has 0 radical (unpaired) electrons. The zero-order chi connectivity index (χ0) is 40.0. The molecule has 7 atom stereocenters. The van der Waals surface area contributed by atoms with Gasteiger partial charge in [0.25, 0.3) is 0 Å². The summed E-state index contributed by atoms with van der Waals surface area (Å²) in [7, 11) is 0. The zero-order valence-electron chi connectivity index (χ0n) is 29.8. The second-order valence-electron chi connectivity index (χ2n) is 12.3. The summed E-state index contributed by atoms with van der Waals surface area (Å²) in [6.07, 6.45) is 0.576. The molecule has 0 bridgehead atoms.